The molecule has 0 saturated heterocycles. The van der Waals surface area contributed by atoms with E-state index in [1.165, 1.54) is 56.4 Å². The molecule has 10 heteroatoms. The van der Waals surface area contributed by atoms with Crippen LogP contribution in [0.3, 0.4) is 0 Å². The Labute approximate surface area is 201 Å². The number of carbonyl (C=O) groups is 2. The van der Waals surface area contributed by atoms with Gasteiger partial charge in [0.1, 0.15) is 0 Å². The van der Waals surface area contributed by atoms with Crippen molar-refractivity contribution >= 4 is 56.5 Å². The van der Waals surface area contributed by atoms with Gasteiger partial charge in [-0.3, -0.25) is 9.10 Å². The highest BCUT2D eigenvalue weighted by atomic mass is 35.5. The van der Waals surface area contributed by atoms with Crippen LogP contribution in [0.5, 0.6) is 0 Å². The standard InChI is InChI=1S/C23H20Cl2N2O5S/c1-15(22(28)26-19-13-17(24)12-18(25)14-19)32-23(29)16-8-10-21(11-9-16)33(30,31)27(2)20-6-4-3-5-7-20/h3-15H,1-2H3,(H,26,28)/t15-/m1/s1. The molecular formula is C23H20Cl2N2O5S. The van der Waals surface area contributed by atoms with Crippen molar-refractivity contribution in [1.29, 1.82) is 0 Å². The van der Waals surface area contributed by atoms with Crippen molar-refractivity contribution in [2.75, 3.05) is 16.7 Å². The number of carbonyl (C=O) groups excluding carboxylic acids is 2. The predicted octanol–water partition coefficient (Wildman–Crippen LogP) is 5.00. The molecule has 7 nitrogen and oxygen atoms in total. The van der Waals surface area contributed by atoms with Gasteiger partial charge < -0.3 is 10.1 Å². The molecule has 1 N–H and O–H groups in total. The number of nitrogens with zero attached hydrogens (tertiary/aromatic N) is 1. The first-order valence-corrected chi connectivity index (χ1v) is 11.9. The molecular weight excluding hydrogens is 487 g/mol. The molecule has 33 heavy (non-hydrogen) atoms. The van der Waals surface area contributed by atoms with Crippen molar-refractivity contribution in [3.8, 4) is 0 Å². The van der Waals surface area contributed by atoms with Gasteiger partial charge in [-0.25, -0.2) is 13.2 Å². The number of benzene rings is 3. The number of para-hydroxylation sites is 1. The highest BCUT2D eigenvalue weighted by Gasteiger charge is 2.23. The van der Waals surface area contributed by atoms with Crippen molar-refractivity contribution in [2.24, 2.45) is 0 Å². The molecule has 0 spiro atoms. The molecule has 0 aliphatic carbocycles. The fourth-order valence-electron chi connectivity index (χ4n) is 2.85. The van der Waals surface area contributed by atoms with Crippen LogP contribution in [0.2, 0.25) is 10.0 Å². The van der Waals surface area contributed by atoms with Crippen LogP contribution in [-0.2, 0) is 19.6 Å². The van der Waals surface area contributed by atoms with E-state index in [-0.39, 0.29) is 10.5 Å². The lowest BCUT2D eigenvalue weighted by atomic mass is 10.2. The number of nitrogens with one attached hydrogen (secondary N) is 1. The molecule has 3 rings (SSSR count). The Hall–Kier alpha value is -3.07. The first kappa shape index (κ1) is 24.6. The molecule has 0 bridgehead atoms. The molecule has 1 atom stereocenters. The zero-order valence-corrected chi connectivity index (χ0v) is 20.0. The van der Waals surface area contributed by atoms with E-state index >= 15 is 0 Å². The molecule has 0 fully saturated rings. The molecule has 0 heterocycles. The Morgan fingerprint density at radius 2 is 1.52 bits per heavy atom. The highest BCUT2D eigenvalue weighted by molar-refractivity contribution is 7.92. The predicted molar refractivity (Wildman–Crippen MR) is 128 cm³/mol. The lowest BCUT2D eigenvalue weighted by Gasteiger charge is -2.19. The summed E-state index contributed by atoms with van der Waals surface area (Å²) in [5.41, 5.74) is 0.959. The number of anilines is 2. The third kappa shape index (κ3) is 6.04. The number of hydrogen-bond donors (Lipinski definition) is 1. The summed E-state index contributed by atoms with van der Waals surface area (Å²) >= 11 is 11.8. The van der Waals surface area contributed by atoms with Crippen molar-refractivity contribution < 1.29 is 22.7 Å². The molecule has 0 radical (unpaired) electrons. The summed E-state index contributed by atoms with van der Waals surface area (Å²) in [5, 5.41) is 3.25. The lowest BCUT2D eigenvalue weighted by molar-refractivity contribution is -0.123. The molecule has 1 amide bonds. The van der Waals surface area contributed by atoms with E-state index in [0.717, 1.165) is 4.31 Å². The number of sulfonamides is 1. The minimum absolute atomic E-state index is 0.00836. The monoisotopic (exact) mass is 506 g/mol. The van der Waals surface area contributed by atoms with Gasteiger partial charge >= 0.3 is 5.97 Å². The third-order valence-electron chi connectivity index (χ3n) is 4.65. The number of halogens is 2. The van der Waals surface area contributed by atoms with Crippen LogP contribution in [0.1, 0.15) is 17.3 Å². The topological polar surface area (TPSA) is 92.8 Å². The van der Waals surface area contributed by atoms with E-state index in [4.69, 9.17) is 27.9 Å². The number of esters is 1. The van der Waals surface area contributed by atoms with Gasteiger partial charge in [0.15, 0.2) is 6.10 Å². The van der Waals surface area contributed by atoms with Crippen molar-refractivity contribution in [3.05, 3.63) is 88.4 Å². The maximum atomic E-state index is 12.8. The summed E-state index contributed by atoms with van der Waals surface area (Å²) in [6, 6.07) is 18.4. The molecule has 3 aromatic rings. The second kappa shape index (κ2) is 10.2. The normalized spacial score (nSPS) is 12.0. The van der Waals surface area contributed by atoms with Gasteiger partial charge in [-0.15, -0.1) is 0 Å². The van der Waals surface area contributed by atoms with Crippen LogP contribution >= 0.6 is 23.2 Å². The zero-order chi connectivity index (χ0) is 24.2. The van der Waals surface area contributed by atoms with Crippen LogP contribution in [-0.4, -0.2) is 33.4 Å². The van der Waals surface area contributed by atoms with Gasteiger partial charge in [0.05, 0.1) is 16.1 Å². The number of amides is 1. The van der Waals surface area contributed by atoms with Crippen LogP contribution in [0.4, 0.5) is 11.4 Å². The lowest BCUT2D eigenvalue weighted by Crippen LogP contribution is -2.30. The zero-order valence-electron chi connectivity index (χ0n) is 17.7. The summed E-state index contributed by atoms with van der Waals surface area (Å²) in [7, 11) is -2.37. The highest BCUT2D eigenvalue weighted by Crippen LogP contribution is 2.24. The SMILES string of the molecule is C[C@@H](OC(=O)c1ccc(S(=O)(=O)N(C)c2ccccc2)cc1)C(=O)Nc1cc(Cl)cc(Cl)c1. The van der Waals surface area contributed by atoms with Crippen LogP contribution < -0.4 is 9.62 Å². The molecule has 3 aromatic carbocycles. The van der Waals surface area contributed by atoms with E-state index in [2.05, 4.69) is 5.32 Å². The van der Waals surface area contributed by atoms with Gasteiger partial charge in [0.25, 0.3) is 15.9 Å². The van der Waals surface area contributed by atoms with Gasteiger partial charge in [0, 0.05) is 22.8 Å². The first-order valence-electron chi connectivity index (χ1n) is 9.70. The molecule has 0 aliphatic rings. The van der Waals surface area contributed by atoms with Gasteiger partial charge in [-0.2, -0.15) is 0 Å². The van der Waals surface area contributed by atoms with Gasteiger partial charge in [0.2, 0.25) is 0 Å². The Bertz CT molecular complexity index is 1250. The van der Waals surface area contributed by atoms with E-state index in [1.54, 1.807) is 30.3 Å². The average Bonchev–Trinajstić information content (AvgIpc) is 2.78. The second-order valence-corrected chi connectivity index (χ2v) is 9.87. The minimum Gasteiger partial charge on any atom is -0.449 e. The van der Waals surface area contributed by atoms with Crippen LogP contribution in [0.15, 0.2) is 77.7 Å². The Kier molecular flexibility index (Phi) is 7.63. The largest absolute Gasteiger partial charge is 0.449 e. The minimum atomic E-state index is -3.82. The first-order chi connectivity index (χ1) is 15.6. The molecule has 172 valence electrons. The van der Waals surface area contributed by atoms with Gasteiger partial charge in [-0.1, -0.05) is 41.4 Å². The maximum absolute atomic E-state index is 12.8. The third-order valence-corrected chi connectivity index (χ3v) is 6.89. The Balaban J connectivity index is 1.66. The second-order valence-electron chi connectivity index (χ2n) is 7.03. The summed E-state index contributed by atoms with van der Waals surface area (Å²) in [6.45, 7) is 1.41. The number of rotatable bonds is 7. The fourth-order valence-corrected chi connectivity index (χ4v) is 4.57. The van der Waals surface area contributed by atoms with Crippen LogP contribution in [0.25, 0.3) is 0 Å². The molecule has 0 aliphatic heterocycles. The van der Waals surface area contributed by atoms with Crippen LogP contribution in [0, 0.1) is 0 Å². The summed E-state index contributed by atoms with van der Waals surface area (Å²) in [5.74, 6) is -1.35. The summed E-state index contributed by atoms with van der Waals surface area (Å²) < 4.78 is 32.0. The Morgan fingerprint density at radius 3 is 2.09 bits per heavy atom. The van der Waals surface area contributed by atoms with Crippen molar-refractivity contribution in [1.82, 2.24) is 0 Å². The summed E-state index contributed by atoms with van der Waals surface area (Å²) in [4.78, 5) is 24.8. The molecule has 0 saturated carbocycles. The number of ether oxygens (including phenoxy) is 1. The summed E-state index contributed by atoms with van der Waals surface area (Å²) in [6.07, 6.45) is -1.12. The molecule has 0 aromatic heterocycles. The number of hydrogen-bond acceptors (Lipinski definition) is 5. The van der Waals surface area contributed by atoms with E-state index < -0.39 is 28.0 Å². The molecule has 0 unspecified atom stereocenters. The average molecular weight is 507 g/mol. The smallest absolute Gasteiger partial charge is 0.338 e. The fraction of sp³-hybridized carbons (Fsp3) is 0.130. The van der Waals surface area contributed by atoms with E-state index in [1.807, 2.05) is 0 Å². The van der Waals surface area contributed by atoms with E-state index in [0.29, 0.717) is 21.4 Å². The van der Waals surface area contributed by atoms with Crippen molar-refractivity contribution in [3.63, 3.8) is 0 Å². The quantitative estimate of drug-likeness (QED) is 0.455. The maximum Gasteiger partial charge on any atom is 0.338 e. The van der Waals surface area contributed by atoms with Crippen molar-refractivity contribution in [2.45, 2.75) is 17.9 Å². The van der Waals surface area contributed by atoms with Gasteiger partial charge in [-0.05, 0) is 61.5 Å². The van der Waals surface area contributed by atoms with E-state index in [9.17, 15) is 18.0 Å². The Morgan fingerprint density at radius 1 is 0.939 bits per heavy atom.